The molecule has 0 aromatic heterocycles. The van der Waals surface area contributed by atoms with Crippen LogP contribution in [0.1, 0.15) is 0 Å². The van der Waals surface area contributed by atoms with Crippen LogP contribution in [0.15, 0.2) is 25.0 Å². The molecular weight excluding hydrogens is 881 g/mol. The Morgan fingerprint density at radius 2 is 1.00 bits per heavy atom. The lowest BCUT2D eigenvalue weighted by Crippen LogP contribution is -2.27. The fraction of sp³-hybridized carbons (Fsp3) is 0.765. The number of hydrogen-bond acceptors (Lipinski definition) is 25. The van der Waals surface area contributed by atoms with E-state index in [0.29, 0.717) is 25.0 Å². The topological polar surface area (TPSA) is 397 Å². The van der Waals surface area contributed by atoms with Gasteiger partial charge in [-0.3, -0.25) is 32.0 Å². The zero-order chi connectivity index (χ0) is 41.7. The van der Waals surface area contributed by atoms with Crippen LogP contribution in [0.2, 0.25) is 0 Å². The van der Waals surface area contributed by atoms with E-state index >= 15 is 0 Å². The van der Waals surface area contributed by atoms with Crippen molar-refractivity contribution in [1.82, 2.24) is 10.8 Å². The van der Waals surface area contributed by atoms with Crippen LogP contribution in [0.25, 0.3) is 0 Å². The molecule has 0 fully saturated rings. The molecule has 324 valence electrons. The molecule has 6 atom stereocenters. The lowest BCUT2D eigenvalue weighted by Gasteiger charge is -2.19. The first-order chi connectivity index (χ1) is 25.7. The summed E-state index contributed by atoms with van der Waals surface area (Å²) in [6.07, 6.45) is 2.20. The van der Waals surface area contributed by atoms with Crippen molar-refractivity contribution in [3.63, 3.8) is 0 Å². The predicted molar refractivity (Wildman–Crippen MR) is 164 cm³/mol. The van der Waals surface area contributed by atoms with E-state index in [0.717, 1.165) is 6.66 Å². The molecule has 0 aromatic rings. The van der Waals surface area contributed by atoms with Crippen LogP contribution in [0.5, 0.6) is 0 Å². The van der Waals surface area contributed by atoms with Gasteiger partial charge in [0.15, 0.2) is 20.5 Å². The molecule has 0 saturated heterocycles. The third-order valence-corrected chi connectivity index (χ3v) is 8.30. The molecule has 0 aromatic carbocycles. The number of nitrogens with one attached hydrogen (secondary N) is 2. The molecule has 0 rings (SSSR count). The third-order valence-electron chi connectivity index (χ3n) is 4.47. The fourth-order valence-corrected chi connectivity index (χ4v) is 5.28. The average Bonchev–Trinajstić information content (AvgIpc) is 3.07. The second-order valence-corrected chi connectivity index (χ2v) is 16.4. The van der Waals surface area contributed by atoms with Crippen LogP contribution < -0.4 is 10.8 Å². The quantitative estimate of drug-likeness (QED) is 0.00776. The van der Waals surface area contributed by atoms with Crippen molar-refractivity contribution in [1.29, 1.82) is 0 Å². The Bertz CT molecular complexity index is 1310. The second kappa shape index (κ2) is 30.1. The molecule has 38 heteroatoms. The Morgan fingerprint density at radius 1 is 0.564 bits per heavy atom. The van der Waals surface area contributed by atoms with Crippen LogP contribution in [0.4, 0.5) is 4.48 Å². The highest BCUT2D eigenvalue weighted by Gasteiger charge is 2.28. The van der Waals surface area contributed by atoms with Crippen molar-refractivity contribution in [2.24, 2.45) is 11.8 Å². The maximum absolute atomic E-state index is 12.7. The zero-order valence-electron chi connectivity index (χ0n) is 27.8. The van der Waals surface area contributed by atoms with Gasteiger partial charge in [0.25, 0.3) is 0 Å². The van der Waals surface area contributed by atoms with E-state index in [4.69, 9.17) is 22.7 Å². The van der Waals surface area contributed by atoms with Gasteiger partial charge in [0.2, 0.25) is 0 Å². The third kappa shape index (κ3) is 37.0. The largest absolute Gasteiger partial charge is 0.526 e. The molecular formula is C17H37BFN2O29P5. The number of phosphoric ester groups is 4. The number of halogens is 1. The summed E-state index contributed by atoms with van der Waals surface area (Å²) in [5, 5.41) is 25.8. The molecule has 0 aliphatic rings. The standard InChI is InChI=1S/C17H37BFN2O29P5/c1-51(22,23)37-6-2-33-45-49-46-34-4-8-39-54(29,30)43-14-17(11-21-19)15-44-55(31,32)40-9-5-36-48-50-47-35-3-7-38-53(27,28)42-13-16(10-20-18)12-41-52(24,25)26/h2,5-6,9,16-17,20-21H,3-4,7-8,10-15H2,1H3,(H,22,23)(H,27,28)(H,29,30)(H,31,32)(H2,24,25,26)/b6-2+,9-5+. The fourth-order valence-electron chi connectivity index (χ4n) is 2.38. The average molecular weight is 918 g/mol. The van der Waals surface area contributed by atoms with Crippen LogP contribution in [0.3, 0.4) is 0 Å². The molecule has 6 unspecified atom stereocenters. The van der Waals surface area contributed by atoms with Gasteiger partial charge in [-0.1, -0.05) is 0 Å². The van der Waals surface area contributed by atoms with E-state index in [1.165, 1.54) is 5.54 Å². The molecule has 0 amide bonds. The molecule has 8 N–H and O–H groups in total. The van der Waals surface area contributed by atoms with Crippen LogP contribution >= 0.6 is 38.9 Å². The minimum absolute atomic E-state index is 0.111. The lowest BCUT2D eigenvalue weighted by molar-refractivity contribution is -0.700. The molecule has 31 nitrogen and oxygen atoms in total. The Morgan fingerprint density at radius 3 is 1.44 bits per heavy atom. The summed E-state index contributed by atoms with van der Waals surface area (Å²) in [6, 6.07) is 0. The maximum Gasteiger partial charge on any atom is 0.526 e. The summed E-state index contributed by atoms with van der Waals surface area (Å²) in [5.74, 6) is -2.03. The summed E-state index contributed by atoms with van der Waals surface area (Å²) in [5.41, 5.74) is 1.21. The Balaban J connectivity index is 4.15. The lowest BCUT2D eigenvalue weighted by atomic mass is 10.1. The molecule has 0 aliphatic carbocycles. The summed E-state index contributed by atoms with van der Waals surface area (Å²) >= 11 is 0. The van der Waals surface area contributed by atoms with Gasteiger partial charge in [-0.2, -0.15) is 5.54 Å². The minimum atomic E-state index is -4.89. The van der Waals surface area contributed by atoms with E-state index in [1.54, 1.807) is 0 Å². The van der Waals surface area contributed by atoms with E-state index in [9.17, 15) is 42.0 Å². The van der Waals surface area contributed by atoms with E-state index < -0.39 is 110 Å². The van der Waals surface area contributed by atoms with Gasteiger partial charge >= 0.3 is 38.9 Å². The smallest absolute Gasteiger partial charge is 0.429 e. The van der Waals surface area contributed by atoms with E-state index in [1.807, 2.05) is 0 Å². The van der Waals surface area contributed by atoms with Gasteiger partial charge in [-0.25, -0.2) is 32.6 Å². The summed E-state index contributed by atoms with van der Waals surface area (Å²) in [4.78, 5) is 72.3. The van der Waals surface area contributed by atoms with E-state index in [2.05, 4.69) is 91.2 Å². The van der Waals surface area contributed by atoms with Gasteiger partial charge in [0.1, 0.15) is 25.7 Å². The van der Waals surface area contributed by atoms with Crippen molar-refractivity contribution in [2.45, 2.75) is 0 Å². The van der Waals surface area contributed by atoms with Crippen molar-refractivity contribution < 1.29 is 143 Å². The molecule has 0 aliphatic heterocycles. The normalized spacial score (nSPS) is 17.9. The van der Waals surface area contributed by atoms with Gasteiger partial charge in [0.05, 0.1) is 39.6 Å². The van der Waals surface area contributed by atoms with E-state index in [-0.39, 0.29) is 6.54 Å². The number of rotatable bonds is 38. The zero-order valence-corrected chi connectivity index (χ0v) is 32.3. The van der Waals surface area contributed by atoms with Gasteiger partial charge in [0, 0.05) is 45.2 Å². The molecule has 0 heterocycles. The highest BCUT2D eigenvalue weighted by atomic mass is 31.2. The van der Waals surface area contributed by atoms with Crippen molar-refractivity contribution in [3.8, 4) is 0 Å². The second-order valence-electron chi connectivity index (χ2n) is 9.03. The summed E-state index contributed by atoms with van der Waals surface area (Å²) in [7, 11) is -17.8. The van der Waals surface area contributed by atoms with Gasteiger partial charge in [-0.15, -0.1) is 4.48 Å². The monoisotopic (exact) mass is 918 g/mol. The number of hydrogen-bond donors (Lipinski definition) is 8. The first kappa shape index (κ1) is 53.9. The summed E-state index contributed by atoms with van der Waals surface area (Å²) < 4.78 is 106. The molecule has 0 saturated carbocycles. The van der Waals surface area contributed by atoms with Crippen LogP contribution in [0, 0.1) is 11.8 Å². The van der Waals surface area contributed by atoms with Crippen LogP contribution in [-0.2, 0) is 109 Å². The minimum Gasteiger partial charge on any atom is -0.429 e. The highest BCUT2D eigenvalue weighted by molar-refractivity contribution is 7.52. The van der Waals surface area contributed by atoms with Crippen molar-refractivity contribution in [2.75, 3.05) is 72.6 Å². The Hall–Kier alpha value is -1.06. The highest BCUT2D eigenvalue weighted by Crippen LogP contribution is 2.46. The maximum atomic E-state index is 12.7. The first-order valence-electron chi connectivity index (χ1n) is 13.9. The van der Waals surface area contributed by atoms with Crippen molar-refractivity contribution in [3.05, 3.63) is 25.0 Å². The molecule has 0 spiro atoms. The Kier molecular flexibility index (Phi) is 29.5. The van der Waals surface area contributed by atoms with Crippen LogP contribution in [-0.4, -0.2) is 110 Å². The SMILES string of the molecule is [B]NCC(COP(=O)(O)O)COP(=O)(O)OCCOOOOO/C=C/OP(=O)(O)OCC(CNF)COP(=O)(O)OCCOOOOO/C=C/OP(C)(=O)O. The predicted octanol–water partition coefficient (Wildman–Crippen LogP) is 0.136. The van der Waals surface area contributed by atoms with Gasteiger partial charge in [-0.05, 0) is 16.6 Å². The molecule has 0 bridgehead atoms. The molecule has 55 heavy (non-hydrogen) atoms. The van der Waals surface area contributed by atoms with Crippen molar-refractivity contribution >= 4 is 46.9 Å². The van der Waals surface area contributed by atoms with Gasteiger partial charge < -0.3 is 48.5 Å². The molecule has 2 radical (unpaired) electrons. The number of phosphoric acid groups is 4. The Labute approximate surface area is 309 Å². The first-order valence-corrected chi connectivity index (χ1v) is 21.9. The summed E-state index contributed by atoms with van der Waals surface area (Å²) in [6.45, 7) is -4.85.